The lowest BCUT2D eigenvalue weighted by Crippen LogP contribution is -2.30. The Morgan fingerprint density at radius 2 is 1.04 bits per heavy atom. The Morgan fingerprint density at radius 1 is 0.750 bits per heavy atom. The molecule has 140 valence electrons. The van der Waals surface area contributed by atoms with Gasteiger partial charge >= 0.3 is 11.9 Å². The van der Waals surface area contributed by atoms with Gasteiger partial charge in [0.2, 0.25) is 0 Å². The van der Waals surface area contributed by atoms with E-state index in [-0.39, 0.29) is 11.9 Å². The molecular formula is C12H28N8O4. The molecule has 2 atom stereocenters. The highest BCUT2D eigenvalue weighted by atomic mass is 16.4. The fraction of sp³-hybridized carbons (Fsp3) is 0.667. The molecule has 0 aliphatic rings. The molecule has 0 aromatic heterocycles. The number of hydrogen-bond donors (Lipinski definition) is 8. The van der Waals surface area contributed by atoms with Crippen LogP contribution in [-0.2, 0) is 9.59 Å². The average molecular weight is 348 g/mol. The first-order valence-corrected chi connectivity index (χ1v) is 7.15. The van der Waals surface area contributed by atoms with Gasteiger partial charge < -0.3 is 44.6 Å². The molecule has 0 fully saturated rings. The molecule has 0 saturated carbocycles. The molecule has 0 amide bonds. The monoisotopic (exact) mass is 348 g/mol. The number of guanidine groups is 2. The van der Waals surface area contributed by atoms with Gasteiger partial charge in [0.25, 0.3) is 0 Å². The molecule has 0 heterocycles. The van der Waals surface area contributed by atoms with E-state index >= 15 is 0 Å². The van der Waals surface area contributed by atoms with Gasteiger partial charge in [-0.05, 0) is 25.7 Å². The van der Waals surface area contributed by atoms with Crippen molar-refractivity contribution in [3.63, 3.8) is 0 Å². The second-order valence-electron chi connectivity index (χ2n) is 4.79. The summed E-state index contributed by atoms with van der Waals surface area (Å²) in [5.74, 6) is -1.97. The maximum atomic E-state index is 10.2. The summed E-state index contributed by atoms with van der Waals surface area (Å²) in [6.07, 6.45) is 1.91. The van der Waals surface area contributed by atoms with Crippen molar-refractivity contribution in [3.05, 3.63) is 0 Å². The minimum absolute atomic E-state index is 0.0129. The second kappa shape index (κ2) is 14.0. The molecule has 0 spiro atoms. The Morgan fingerprint density at radius 3 is 1.25 bits per heavy atom. The molecule has 0 rings (SSSR count). The molecule has 0 bridgehead atoms. The van der Waals surface area contributed by atoms with E-state index in [1.807, 2.05) is 0 Å². The number of carbonyl (C=O) groups is 2. The van der Waals surface area contributed by atoms with Gasteiger partial charge in [0.1, 0.15) is 12.1 Å². The first-order chi connectivity index (χ1) is 11.1. The molecule has 0 radical (unpaired) electrons. The number of carboxylic acid groups (broad SMARTS) is 2. The third-order valence-corrected chi connectivity index (χ3v) is 2.57. The van der Waals surface area contributed by atoms with Crippen LogP contribution in [0.3, 0.4) is 0 Å². The van der Waals surface area contributed by atoms with Gasteiger partial charge in [-0.15, -0.1) is 0 Å². The molecule has 0 aromatic rings. The van der Waals surface area contributed by atoms with Crippen LogP contribution in [0.15, 0.2) is 9.98 Å². The van der Waals surface area contributed by atoms with Crippen molar-refractivity contribution in [1.82, 2.24) is 0 Å². The molecule has 0 saturated heterocycles. The standard InChI is InChI=1S/2C6H14N4O2/c2*7-4(5(11)12)2-1-3-10-6(8)9/h2*4H,1-3,7H2,(H,11,12)(H4,8,9,10)/t2*4-/m11/s1. The molecule has 14 N–H and O–H groups in total. The van der Waals surface area contributed by atoms with Crippen molar-refractivity contribution in [2.24, 2.45) is 44.4 Å². The van der Waals surface area contributed by atoms with Crippen LogP contribution in [0.25, 0.3) is 0 Å². The normalized spacial score (nSPS) is 12.1. The third kappa shape index (κ3) is 17.5. The lowest BCUT2D eigenvalue weighted by Gasteiger charge is -2.03. The lowest BCUT2D eigenvalue weighted by atomic mass is 10.2. The van der Waals surface area contributed by atoms with Crippen molar-refractivity contribution in [2.75, 3.05) is 13.1 Å². The maximum absolute atomic E-state index is 10.2. The van der Waals surface area contributed by atoms with E-state index in [1.54, 1.807) is 0 Å². The Bertz CT molecular complexity index is 393. The third-order valence-electron chi connectivity index (χ3n) is 2.57. The Balaban J connectivity index is 0. The van der Waals surface area contributed by atoms with Crippen LogP contribution in [-0.4, -0.2) is 59.2 Å². The zero-order chi connectivity index (χ0) is 19.1. The van der Waals surface area contributed by atoms with Crippen LogP contribution in [0.5, 0.6) is 0 Å². The van der Waals surface area contributed by atoms with Crippen molar-refractivity contribution in [1.29, 1.82) is 0 Å². The van der Waals surface area contributed by atoms with Crippen molar-refractivity contribution in [3.8, 4) is 0 Å². The molecule has 0 aromatic carbocycles. The van der Waals surface area contributed by atoms with Gasteiger partial charge in [-0.25, -0.2) is 0 Å². The summed E-state index contributed by atoms with van der Waals surface area (Å²) in [5.41, 5.74) is 30.6. The van der Waals surface area contributed by atoms with Crippen LogP contribution in [0.4, 0.5) is 0 Å². The van der Waals surface area contributed by atoms with Gasteiger partial charge in [-0.3, -0.25) is 19.6 Å². The molecule has 24 heavy (non-hydrogen) atoms. The average Bonchev–Trinajstić information content (AvgIpc) is 2.47. The predicted octanol–water partition coefficient (Wildman–Crippen LogP) is -3.10. The summed E-state index contributed by atoms with van der Waals surface area (Å²) < 4.78 is 0. The van der Waals surface area contributed by atoms with E-state index in [2.05, 4.69) is 9.98 Å². The Kier molecular flexibility index (Phi) is 13.8. The number of nitrogens with zero attached hydrogens (tertiary/aromatic N) is 2. The van der Waals surface area contributed by atoms with E-state index in [9.17, 15) is 9.59 Å². The zero-order valence-electron chi connectivity index (χ0n) is 13.5. The van der Waals surface area contributed by atoms with Crippen molar-refractivity contribution < 1.29 is 19.8 Å². The number of aliphatic carboxylic acids is 2. The quantitative estimate of drug-likeness (QED) is 0.112. The number of aliphatic imine (C=N–C) groups is 2. The Hall–Kier alpha value is -2.60. The van der Waals surface area contributed by atoms with Gasteiger partial charge in [-0.2, -0.15) is 0 Å². The number of rotatable bonds is 10. The van der Waals surface area contributed by atoms with E-state index in [1.165, 1.54) is 0 Å². The maximum Gasteiger partial charge on any atom is 0.320 e. The summed E-state index contributed by atoms with van der Waals surface area (Å²) in [7, 11) is 0. The molecular weight excluding hydrogens is 320 g/mol. The fourth-order valence-corrected chi connectivity index (χ4v) is 1.29. The number of hydrogen-bond acceptors (Lipinski definition) is 6. The minimum atomic E-state index is -1.00. The van der Waals surface area contributed by atoms with Crippen molar-refractivity contribution >= 4 is 23.9 Å². The Labute approximate surface area is 140 Å². The first-order valence-electron chi connectivity index (χ1n) is 7.15. The van der Waals surface area contributed by atoms with Crippen LogP contribution in [0.2, 0.25) is 0 Å². The minimum Gasteiger partial charge on any atom is -0.480 e. The summed E-state index contributed by atoms with van der Waals surface area (Å²) in [6, 6.07) is -1.64. The SMILES string of the molecule is NC(N)=NCCC[C@@H](N)C(=O)O.NC(N)=NCCC[C@@H](N)C(=O)O. The second-order valence-corrected chi connectivity index (χ2v) is 4.79. The lowest BCUT2D eigenvalue weighted by molar-refractivity contribution is -0.139. The van der Waals surface area contributed by atoms with Crippen molar-refractivity contribution in [2.45, 2.75) is 37.8 Å². The van der Waals surface area contributed by atoms with E-state index in [0.717, 1.165) is 0 Å². The summed E-state index contributed by atoms with van der Waals surface area (Å²) in [6.45, 7) is 0.840. The van der Waals surface area contributed by atoms with Crippen LogP contribution < -0.4 is 34.4 Å². The van der Waals surface area contributed by atoms with E-state index in [4.69, 9.17) is 44.6 Å². The molecule has 12 heteroatoms. The zero-order valence-corrected chi connectivity index (χ0v) is 13.5. The predicted molar refractivity (Wildman–Crippen MR) is 91.0 cm³/mol. The number of carboxylic acids is 2. The summed E-state index contributed by atoms with van der Waals surface area (Å²) in [5, 5.41) is 16.8. The highest BCUT2D eigenvalue weighted by Gasteiger charge is 2.10. The van der Waals surface area contributed by atoms with Crippen LogP contribution >= 0.6 is 0 Å². The summed E-state index contributed by atoms with van der Waals surface area (Å²) in [4.78, 5) is 27.8. The van der Waals surface area contributed by atoms with Gasteiger partial charge in [0.05, 0.1) is 0 Å². The van der Waals surface area contributed by atoms with Crippen LogP contribution in [0.1, 0.15) is 25.7 Å². The van der Waals surface area contributed by atoms with Gasteiger partial charge in [0, 0.05) is 13.1 Å². The highest BCUT2D eigenvalue weighted by molar-refractivity contribution is 5.76. The smallest absolute Gasteiger partial charge is 0.320 e. The molecule has 0 unspecified atom stereocenters. The van der Waals surface area contributed by atoms with Gasteiger partial charge in [-0.1, -0.05) is 0 Å². The molecule has 0 aliphatic carbocycles. The fourth-order valence-electron chi connectivity index (χ4n) is 1.29. The number of nitrogens with two attached hydrogens (primary N) is 6. The highest BCUT2D eigenvalue weighted by Crippen LogP contribution is 1.95. The summed E-state index contributed by atoms with van der Waals surface area (Å²) >= 11 is 0. The van der Waals surface area contributed by atoms with E-state index < -0.39 is 24.0 Å². The largest absolute Gasteiger partial charge is 0.480 e. The molecule has 12 nitrogen and oxygen atoms in total. The topological polar surface area (TPSA) is 255 Å². The molecule has 0 aliphatic heterocycles. The first kappa shape index (κ1) is 23.7. The van der Waals surface area contributed by atoms with Crippen LogP contribution in [0, 0.1) is 0 Å². The van der Waals surface area contributed by atoms with Gasteiger partial charge in [0.15, 0.2) is 11.9 Å². The van der Waals surface area contributed by atoms with E-state index in [0.29, 0.717) is 38.8 Å².